The SMILES string of the molecule is CC.O.c1ccc2c(c1)c1cc(-c3ccc4sc5ccc(-c6ccc7c(c6)c6ccccc6n7-c6ncncn6)cc5c4c3)ccc1n2-c1ncncn1. The van der Waals surface area contributed by atoms with Crippen LogP contribution in [0.2, 0.25) is 0 Å². The highest BCUT2D eigenvalue weighted by atomic mass is 32.1. The van der Waals surface area contributed by atoms with Gasteiger partial charge in [-0.05, 0) is 82.9 Å². The molecule has 0 aliphatic heterocycles. The fourth-order valence-corrected chi connectivity index (χ4v) is 8.64. The molecule has 5 aromatic heterocycles. The molecule has 0 saturated carbocycles. The van der Waals surface area contributed by atoms with Crippen molar-refractivity contribution in [3.63, 3.8) is 0 Å². The van der Waals surface area contributed by atoms with Crippen LogP contribution in [0.3, 0.4) is 0 Å². The monoisotopic (exact) mass is 720 g/mol. The molecule has 9 nitrogen and oxygen atoms in total. The van der Waals surface area contributed by atoms with Crippen LogP contribution in [-0.4, -0.2) is 44.5 Å². The molecule has 0 saturated heterocycles. The number of benzene rings is 6. The molecule has 0 bridgehead atoms. The molecule has 0 fully saturated rings. The molecule has 0 atom stereocenters. The van der Waals surface area contributed by atoms with E-state index in [9.17, 15) is 0 Å². The summed E-state index contributed by atoms with van der Waals surface area (Å²) in [6.45, 7) is 4.00. The van der Waals surface area contributed by atoms with Crippen LogP contribution in [0.1, 0.15) is 13.8 Å². The number of thiophene rings is 1. The molecule has 0 radical (unpaired) electrons. The van der Waals surface area contributed by atoms with Gasteiger partial charge < -0.3 is 5.48 Å². The van der Waals surface area contributed by atoms with Gasteiger partial charge in [-0.2, -0.15) is 0 Å². The highest BCUT2D eigenvalue weighted by molar-refractivity contribution is 7.25. The van der Waals surface area contributed by atoms with Crippen molar-refractivity contribution < 1.29 is 5.48 Å². The Labute approximate surface area is 313 Å². The number of para-hydroxylation sites is 2. The lowest BCUT2D eigenvalue weighted by Crippen LogP contribution is -2.00. The minimum atomic E-state index is 0. The molecule has 0 spiro atoms. The lowest BCUT2D eigenvalue weighted by Gasteiger charge is -2.07. The molecule has 6 aromatic carbocycles. The van der Waals surface area contributed by atoms with E-state index in [2.05, 4.69) is 160 Å². The maximum Gasteiger partial charge on any atom is 0.237 e. The van der Waals surface area contributed by atoms with Gasteiger partial charge in [0.1, 0.15) is 25.3 Å². The van der Waals surface area contributed by atoms with E-state index in [0.717, 1.165) is 43.6 Å². The average Bonchev–Trinajstić information content (AvgIpc) is 3.89. The summed E-state index contributed by atoms with van der Waals surface area (Å²) >= 11 is 1.84. The predicted octanol–water partition coefficient (Wildman–Crippen LogP) is 10.2. The number of hydrogen-bond acceptors (Lipinski definition) is 7. The highest BCUT2D eigenvalue weighted by Gasteiger charge is 2.17. The fourth-order valence-electron chi connectivity index (χ4n) is 7.57. The van der Waals surface area contributed by atoms with Crippen molar-refractivity contribution >= 4 is 75.1 Å². The Bertz CT molecular complexity index is 2940. The summed E-state index contributed by atoms with van der Waals surface area (Å²) in [5, 5.41) is 7.16. The van der Waals surface area contributed by atoms with Gasteiger partial charge in [0.2, 0.25) is 11.9 Å². The summed E-state index contributed by atoms with van der Waals surface area (Å²) in [4.78, 5) is 25.9. The number of nitrogens with zero attached hydrogens (tertiary/aromatic N) is 8. The Hall–Kier alpha value is -6.88. The van der Waals surface area contributed by atoms with E-state index in [1.165, 1.54) is 42.4 Å². The molecular formula is C44H32N8OS. The zero-order chi connectivity index (χ0) is 35.5. The third-order valence-electron chi connectivity index (χ3n) is 9.84. The standard InChI is InChI=1S/C42H24N8S.C2H6.H2O/c1-3-7-35-29(5-1)31-17-25(9-13-37(31)49(35)41-45-21-43-22-46-41)27-11-15-39-33(19-27)34-20-28(12-16-40(34)51-39)26-10-14-38-32(18-26)30-6-2-4-8-36(30)50(38)42-47-23-44-24-48-42;1-2;/h1-24H;1-2H3;1H2. The summed E-state index contributed by atoms with van der Waals surface area (Å²) in [5.74, 6) is 1.22. The van der Waals surface area contributed by atoms with Crippen LogP contribution in [0, 0.1) is 0 Å². The van der Waals surface area contributed by atoms with Gasteiger partial charge in [-0.15, -0.1) is 11.3 Å². The van der Waals surface area contributed by atoms with Gasteiger partial charge in [-0.3, -0.25) is 9.13 Å². The number of fused-ring (bicyclic) bond motifs is 9. The topological polar surface area (TPSA) is 119 Å². The lowest BCUT2D eigenvalue weighted by molar-refractivity contribution is 0.824. The van der Waals surface area contributed by atoms with Gasteiger partial charge in [-0.1, -0.05) is 74.5 Å². The second kappa shape index (κ2) is 13.3. The van der Waals surface area contributed by atoms with Crippen LogP contribution in [-0.2, 0) is 0 Å². The van der Waals surface area contributed by atoms with Crippen molar-refractivity contribution in [3.05, 3.63) is 147 Å². The Kier molecular flexibility index (Phi) is 8.11. The second-order valence-corrected chi connectivity index (χ2v) is 13.7. The van der Waals surface area contributed by atoms with Crippen molar-refractivity contribution in [3.8, 4) is 34.2 Å². The van der Waals surface area contributed by atoms with Crippen molar-refractivity contribution in [1.29, 1.82) is 0 Å². The summed E-state index contributed by atoms with van der Waals surface area (Å²) < 4.78 is 6.76. The average molecular weight is 721 g/mol. The molecule has 10 heteroatoms. The second-order valence-electron chi connectivity index (χ2n) is 12.6. The van der Waals surface area contributed by atoms with Crippen LogP contribution >= 0.6 is 11.3 Å². The van der Waals surface area contributed by atoms with Crippen molar-refractivity contribution in [2.24, 2.45) is 0 Å². The molecule has 11 rings (SSSR count). The van der Waals surface area contributed by atoms with Crippen LogP contribution in [0.25, 0.3) is 97.9 Å². The Morgan fingerprint density at radius 2 is 0.741 bits per heavy atom. The van der Waals surface area contributed by atoms with Gasteiger partial charge in [0, 0.05) is 41.7 Å². The van der Waals surface area contributed by atoms with Crippen LogP contribution in [0.5, 0.6) is 0 Å². The smallest absolute Gasteiger partial charge is 0.237 e. The van der Waals surface area contributed by atoms with Crippen LogP contribution in [0.15, 0.2) is 147 Å². The van der Waals surface area contributed by atoms with E-state index in [0.29, 0.717) is 11.9 Å². The molecule has 0 aliphatic rings. The number of hydrogen-bond donors (Lipinski definition) is 0. The third kappa shape index (κ3) is 5.11. The van der Waals surface area contributed by atoms with Crippen LogP contribution < -0.4 is 0 Å². The van der Waals surface area contributed by atoms with E-state index >= 15 is 0 Å². The van der Waals surface area contributed by atoms with Gasteiger partial charge in [0.15, 0.2) is 0 Å². The van der Waals surface area contributed by atoms with E-state index in [1.54, 1.807) is 25.3 Å². The Morgan fingerprint density at radius 1 is 0.389 bits per heavy atom. The Morgan fingerprint density at radius 3 is 1.17 bits per heavy atom. The van der Waals surface area contributed by atoms with E-state index < -0.39 is 0 Å². The number of rotatable bonds is 4. The summed E-state index contributed by atoms with van der Waals surface area (Å²) in [6, 6.07) is 43.8. The maximum absolute atomic E-state index is 4.46. The predicted molar refractivity (Wildman–Crippen MR) is 221 cm³/mol. The van der Waals surface area contributed by atoms with Gasteiger partial charge >= 0.3 is 0 Å². The van der Waals surface area contributed by atoms with Crippen molar-refractivity contribution in [1.82, 2.24) is 39.0 Å². The number of aromatic nitrogens is 8. The molecule has 0 amide bonds. The minimum absolute atomic E-state index is 0. The first-order valence-electron chi connectivity index (χ1n) is 17.6. The molecule has 11 aromatic rings. The molecule has 5 heterocycles. The third-order valence-corrected chi connectivity index (χ3v) is 11.0. The lowest BCUT2D eigenvalue weighted by atomic mass is 9.98. The van der Waals surface area contributed by atoms with Gasteiger partial charge in [0.05, 0.1) is 22.1 Å². The van der Waals surface area contributed by atoms with E-state index in [-0.39, 0.29) is 5.48 Å². The largest absolute Gasteiger partial charge is 0.412 e. The van der Waals surface area contributed by atoms with E-state index in [1.807, 2.05) is 25.2 Å². The van der Waals surface area contributed by atoms with E-state index in [4.69, 9.17) is 0 Å². The van der Waals surface area contributed by atoms with Crippen molar-refractivity contribution in [2.45, 2.75) is 13.8 Å². The molecular weight excluding hydrogens is 689 g/mol. The fraction of sp³-hybridized carbons (Fsp3) is 0.0455. The van der Waals surface area contributed by atoms with Gasteiger partial charge in [-0.25, -0.2) is 29.9 Å². The zero-order valence-electron chi connectivity index (χ0n) is 29.3. The quantitative estimate of drug-likeness (QED) is 0.179. The maximum atomic E-state index is 4.46. The molecule has 0 unspecified atom stereocenters. The zero-order valence-corrected chi connectivity index (χ0v) is 30.2. The summed E-state index contributed by atoms with van der Waals surface area (Å²) in [5.41, 5.74) is 8.94. The molecule has 2 N–H and O–H groups in total. The highest BCUT2D eigenvalue weighted by Crippen LogP contribution is 2.41. The van der Waals surface area contributed by atoms with Crippen LogP contribution in [0.4, 0.5) is 0 Å². The van der Waals surface area contributed by atoms with Gasteiger partial charge in [0.25, 0.3) is 0 Å². The Balaban J connectivity index is 0.00000126. The first-order valence-corrected chi connectivity index (χ1v) is 18.4. The first kappa shape index (κ1) is 33.0. The molecule has 0 aliphatic carbocycles. The van der Waals surface area contributed by atoms with Crippen molar-refractivity contribution in [2.75, 3.05) is 0 Å². The first-order chi connectivity index (χ1) is 26.3. The molecule has 260 valence electrons. The normalized spacial score (nSPS) is 11.4. The minimum Gasteiger partial charge on any atom is -0.412 e. The summed E-state index contributed by atoms with van der Waals surface area (Å²) in [6.07, 6.45) is 6.16. The molecule has 54 heavy (non-hydrogen) atoms. The summed E-state index contributed by atoms with van der Waals surface area (Å²) in [7, 11) is 0.